The Labute approximate surface area is 197 Å². The van der Waals surface area contributed by atoms with E-state index in [4.69, 9.17) is 5.10 Å². The molecule has 3 aromatic rings. The molecule has 1 amide bonds. The number of rotatable bonds is 4. The van der Waals surface area contributed by atoms with Gasteiger partial charge in [-0.15, -0.1) is 0 Å². The lowest BCUT2D eigenvalue weighted by atomic mass is 10.1. The molecule has 0 bridgehead atoms. The van der Waals surface area contributed by atoms with E-state index >= 15 is 0 Å². The van der Waals surface area contributed by atoms with Crippen molar-refractivity contribution >= 4 is 29.2 Å². The number of halogens is 4. The van der Waals surface area contributed by atoms with Crippen LogP contribution in [0.1, 0.15) is 40.7 Å². The molecule has 0 unspecified atom stereocenters. The van der Waals surface area contributed by atoms with E-state index in [-0.39, 0.29) is 24.5 Å². The molecule has 180 valence electrons. The molecule has 2 aromatic carbocycles. The number of anilines is 3. The van der Waals surface area contributed by atoms with E-state index in [0.29, 0.717) is 34.4 Å². The Kier molecular flexibility index (Phi) is 4.83. The predicted molar refractivity (Wildman–Crippen MR) is 121 cm³/mol. The van der Waals surface area contributed by atoms with Crippen LogP contribution in [-0.4, -0.2) is 33.7 Å². The standard InChI is InChI=1S/C24H20F4N6O/c25-15-8-10-16(11-9-15)29-20-19-21(34-18-3-1-2-17(18)30-23(34)31-22(19)35)32-33(20)12-13-4-6-14(7-5-13)24(26,27)28/h4-11,17-18,29H,1-3,12H2,(H,30,31,35)/t17-,18+/m1/s1. The number of carbonyl (C=O) groups is 1. The largest absolute Gasteiger partial charge is 0.416 e. The van der Waals surface area contributed by atoms with Crippen LogP contribution in [0.2, 0.25) is 0 Å². The third kappa shape index (κ3) is 3.71. The molecule has 2 atom stereocenters. The van der Waals surface area contributed by atoms with E-state index in [1.807, 2.05) is 4.90 Å². The molecule has 2 aliphatic heterocycles. The zero-order valence-electron chi connectivity index (χ0n) is 18.3. The minimum Gasteiger partial charge on any atom is -0.340 e. The van der Waals surface area contributed by atoms with Gasteiger partial charge in [-0.2, -0.15) is 18.3 Å². The smallest absolute Gasteiger partial charge is 0.340 e. The third-order valence-electron chi connectivity index (χ3n) is 6.63. The highest BCUT2D eigenvalue weighted by atomic mass is 19.4. The van der Waals surface area contributed by atoms with E-state index in [0.717, 1.165) is 31.4 Å². The molecule has 3 aliphatic rings. The highest BCUT2D eigenvalue weighted by Gasteiger charge is 2.47. The Morgan fingerprint density at radius 3 is 2.51 bits per heavy atom. The summed E-state index contributed by atoms with van der Waals surface area (Å²) in [6.45, 7) is 0.121. The van der Waals surface area contributed by atoms with Crippen LogP contribution < -0.4 is 15.5 Å². The number of benzene rings is 2. The van der Waals surface area contributed by atoms with Gasteiger partial charge in [0, 0.05) is 5.69 Å². The maximum atomic E-state index is 13.4. The second-order valence-electron chi connectivity index (χ2n) is 8.87. The summed E-state index contributed by atoms with van der Waals surface area (Å²) < 4.78 is 54.0. The van der Waals surface area contributed by atoms with Crippen molar-refractivity contribution in [2.45, 2.75) is 44.1 Å². The molecule has 1 aliphatic carbocycles. The minimum absolute atomic E-state index is 0.0878. The van der Waals surface area contributed by atoms with Crippen LogP contribution in [0.25, 0.3) is 0 Å². The number of nitrogens with zero attached hydrogens (tertiary/aromatic N) is 4. The molecule has 0 saturated heterocycles. The van der Waals surface area contributed by atoms with E-state index in [9.17, 15) is 22.4 Å². The first-order valence-electron chi connectivity index (χ1n) is 11.3. The van der Waals surface area contributed by atoms with Crippen molar-refractivity contribution < 1.29 is 22.4 Å². The summed E-state index contributed by atoms with van der Waals surface area (Å²) >= 11 is 0. The molecule has 3 heterocycles. The van der Waals surface area contributed by atoms with Gasteiger partial charge in [0.15, 0.2) is 5.82 Å². The zero-order chi connectivity index (χ0) is 24.3. The minimum atomic E-state index is -4.43. The lowest BCUT2D eigenvalue weighted by Crippen LogP contribution is -2.50. The quantitative estimate of drug-likeness (QED) is 0.528. The van der Waals surface area contributed by atoms with E-state index < -0.39 is 17.6 Å². The fraction of sp³-hybridized carbons (Fsp3) is 0.292. The maximum absolute atomic E-state index is 13.4. The maximum Gasteiger partial charge on any atom is 0.416 e. The Bertz CT molecular complexity index is 1330. The molecule has 7 nitrogen and oxygen atoms in total. The van der Waals surface area contributed by atoms with Crippen molar-refractivity contribution in [1.82, 2.24) is 15.1 Å². The second kappa shape index (κ2) is 7.82. The Morgan fingerprint density at radius 1 is 1.06 bits per heavy atom. The molecule has 11 heteroatoms. The number of carbonyl (C=O) groups excluding carboxylic acids is 1. The summed E-state index contributed by atoms with van der Waals surface area (Å²) in [6, 6.07) is 10.7. The van der Waals surface area contributed by atoms with E-state index in [2.05, 4.69) is 15.6 Å². The summed E-state index contributed by atoms with van der Waals surface area (Å²) in [7, 11) is 0. The van der Waals surface area contributed by atoms with E-state index in [1.54, 1.807) is 4.68 Å². The first-order chi connectivity index (χ1) is 16.8. The molecule has 1 aromatic heterocycles. The lowest BCUT2D eigenvalue weighted by molar-refractivity contribution is -0.137. The third-order valence-corrected chi connectivity index (χ3v) is 6.63. The van der Waals surface area contributed by atoms with Gasteiger partial charge < -0.3 is 5.32 Å². The summed E-state index contributed by atoms with van der Waals surface area (Å²) in [5.41, 5.74) is 0.688. The van der Waals surface area contributed by atoms with Gasteiger partial charge >= 0.3 is 6.18 Å². The number of guanidine groups is 1. The molecule has 2 N–H and O–H groups in total. The fourth-order valence-corrected chi connectivity index (χ4v) is 4.97. The van der Waals surface area contributed by atoms with Crippen LogP contribution in [0.15, 0.2) is 53.5 Å². The molecule has 0 spiro atoms. The highest BCUT2D eigenvalue weighted by molar-refractivity contribution is 6.21. The predicted octanol–water partition coefficient (Wildman–Crippen LogP) is 4.67. The average Bonchev–Trinajstić information content (AvgIpc) is 3.49. The summed E-state index contributed by atoms with van der Waals surface area (Å²) in [4.78, 5) is 19.8. The van der Waals surface area contributed by atoms with Crippen LogP contribution in [0.3, 0.4) is 0 Å². The molecule has 35 heavy (non-hydrogen) atoms. The first-order valence-corrected chi connectivity index (χ1v) is 11.3. The van der Waals surface area contributed by atoms with Crippen LogP contribution in [-0.2, 0) is 12.7 Å². The first kappa shape index (κ1) is 21.6. The number of fused-ring (bicyclic) bond motifs is 5. The number of alkyl halides is 3. The van der Waals surface area contributed by atoms with Gasteiger partial charge in [-0.3, -0.25) is 15.0 Å². The van der Waals surface area contributed by atoms with Crippen molar-refractivity contribution in [3.63, 3.8) is 0 Å². The summed E-state index contributed by atoms with van der Waals surface area (Å²) in [6.07, 6.45) is -1.55. The van der Waals surface area contributed by atoms with Gasteiger partial charge in [-0.1, -0.05) is 12.1 Å². The number of aliphatic imine (C=N–C) groups is 1. The summed E-state index contributed by atoms with van der Waals surface area (Å²) in [5.74, 6) is 0.518. The van der Waals surface area contributed by atoms with Crippen LogP contribution in [0.4, 0.5) is 34.9 Å². The normalized spacial score (nSPS) is 20.7. The topological polar surface area (TPSA) is 74.5 Å². The van der Waals surface area contributed by atoms with Gasteiger partial charge in [0.1, 0.15) is 17.2 Å². The van der Waals surface area contributed by atoms with Gasteiger partial charge in [0.05, 0.1) is 24.2 Å². The van der Waals surface area contributed by atoms with Crippen molar-refractivity contribution in [3.05, 3.63) is 71.0 Å². The average molecular weight is 484 g/mol. The molecular weight excluding hydrogens is 464 g/mol. The number of hydrogen-bond donors (Lipinski definition) is 2. The van der Waals surface area contributed by atoms with Crippen molar-refractivity contribution in [3.8, 4) is 0 Å². The molecular formula is C24H20F4N6O. The monoisotopic (exact) mass is 484 g/mol. The summed E-state index contributed by atoms with van der Waals surface area (Å²) in [5, 5.41) is 10.7. The van der Waals surface area contributed by atoms with Gasteiger partial charge in [-0.25, -0.2) is 14.1 Å². The number of hydrogen-bond acceptors (Lipinski definition) is 5. The van der Waals surface area contributed by atoms with Gasteiger partial charge in [-0.05, 0) is 61.2 Å². The Morgan fingerprint density at radius 2 is 1.80 bits per heavy atom. The Hall–Kier alpha value is -3.89. The van der Waals surface area contributed by atoms with Gasteiger partial charge in [0.25, 0.3) is 5.91 Å². The molecule has 0 radical (unpaired) electrons. The SMILES string of the molecule is O=C1NC2=N[C@@H]3CCC[C@@H]3N2c2nn(Cc3ccc(C(F)(F)F)cc3)c(Nc3ccc(F)cc3)c21. The van der Waals surface area contributed by atoms with Crippen molar-refractivity contribution in [1.29, 1.82) is 0 Å². The van der Waals surface area contributed by atoms with Crippen molar-refractivity contribution in [2.24, 2.45) is 4.99 Å². The number of amides is 1. The number of nitrogens with one attached hydrogen (secondary N) is 2. The Balaban J connectivity index is 1.42. The lowest BCUT2D eigenvalue weighted by Gasteiger charge is -2.29. The highest BCUT2D eigenvalue weighted by Crippen LogP contribution is 2.41. The zero-order valence-corrected chi connectivity index (χ0v) is 18.3. The second-order valence-corrected chi connectivity index (χ2v) is 8.87. The fourth-order valence-electron chi connectivity index (χ4n) is 4.97. The van der Waals surface area contributed by atoms with Crippen LogP contribution in [0.5, 0.6) is 0 Å². The van der Waals surface area contributed by atoms with E-state index in [1.165, 1.54) is 36.4 Å². The number of aromatic nitrogens is 2. The van der Waals surface area contributed by atoms with Gasteiger partial charge in [0.2, 0.25) is 5.96 Å². The van der Waals surface area contributed by atoms with Crippen LogP contribution >= 0.6 is 0 Å². The molecule has 1 fully saturated rings. The van der Waals surface area contributed by atoms with Crippen molar-refractivity contribution in [2.75, 3.05) is 10.2 Å². The van der Waals surface area contributed by atoms with Crippen LogP contribution in [0, 0.1) is 5.82 Å². The molecule has 6 rings (SSSR count). The molecule has 1 saturated carbocycles.